The van der Waals surface area contributed by atoms with Gasteiger partial charge in [0, 0.05) is 6.04 Å². The Balaban J connectivity index is 1.87. The molecule has 1 aliphatic rings. The summed E-state index contributed by atoms with van der Waals surface area (Å²) in [6.07, 6.45) is 4.24. The van der Waals surface area contributed by atoms with Gasteiger partial charge in [-0.05, 0) is 37.4 Å². The van der Waals surface area contributed by atoms with E-state index in [2.05, 4.69) is 39.6 Å². The fraction of sp³-hybridized carbons (Fsp3) is 0.500. The molecule has 1 saturated heterocycles. The van der Waals surface area contributed by atoms with E-state index in [9.17, 15) is 0 Å². The average Bonchev–Trinajstić information content (AvgIpc) is 2.77. The van der Waals surface area contributed by atoms with Crippen molar-refractivity contribution in [1.82, 2.24) is 20.5 Å². The van der Waals surface area contributed by atoms with Crippen molar-refractivity contribution in [2.75, 3.05) is 6.54 Å². The third kappa shape index (κ3) is 1.69. The Morgan fingerprint density at radius 1 is 1.31 bits per heavy atom. The molecular formula is C12H16N4. The number of nitrogens with zero attached hydrogens (tertiary/aromatic N) is 2. The van der Waals surface area contributed by atoms with E-state index in [1.807, 2.05) is 0 Å². The number of nitrogens with one attached hydrogen (secondary N) is 2. The van der Waals surface area contributed by atoms with Gasteiger partial charge in [0.1, 0.15) is 5.52 Å². The van der Waals surface area contributed by atoms with Crippen LogP contribution in [-0.2, 0) is 0 Å². The molecule has 2 aromatic heterocycles. The van der Waals surface area contributed by atoms with E-state index in [0.29, 0.717) is 6.04 Å². The zero-order valence-corrected chi connectivity index (χ0v) is 9.40. The zero-order chi connectivity index (χ0) is 11.0. The third-order valence-corrected chi connectivity index (χ3v) is 3.34. The minimum absolute atomic E-state index is 0.412. The van der Waals surface area contributed by atoms with Crippen LogP contribution in [0.1, 0.15) is 31.5 Å². The molecule has 2 unspecified atom stereocenters. The van der Waals surface area contributed by atoms with Crippen LogP contribution in [0, 0.1) is 5.92 Å². The van der Waals surface area contributed by atoms with E-state index in [1.54, 1.807) is 6.20 Å². The van der Waals surface area contributed by atoms with Gasteiger partial charge in [-0.1, -0.05) is 6.92 Å². The first-order valence-electron chi connectivity index (χ1n) is 5.86. The molecule has 0 bridgehead atoms. The van der Waals surface area contributed by atoms with Gasteiger partial charge in [0.25, 0.3) is 0 Å². The van der Waals surface area contributed by atoms with Crippen LogP contribution in [0.4, 0.5) is 0 Å². The highest BCUT2D eigenvalue weighted by Gasteiger charge is 2.20. The second kappa shape index (κ2) is 3.87. The maximum absolute atomic E-state index is 4.63. The number of pyridine rings is 1. The highest BCUT2D eigenvalue weighted by molar-refractivity contribution is 5.73. The Morgan fingerprint density at radius 2 is 2.25 bits per heavy atom. The second-order valence-electron chi connectivity index (χ2n) is 4.68. The fourth-order valence-electron chi connectivity index (χ4n) is 2.29. The van der Waals surface area contributed by atoms with Gasteiger partial charge in [-0.2, -0.15) is 5.10 Å². The molecule has 0 saturated carbocycles. The molecule has 4 heteroatoms. The number of aromatic amines is 1. The lowest BCUT2D eigenvalue weighted by atomic mass is 9.94. The minimum Gasteiger partial charge on any atom is -0.308 e. The van der Waals surface area contributed by atoms with Crippen LogP contribution in [0.3, 0.4) is 0 Å². The summed E-state index contributed by atoms with van der Waals surface area (Å²) in [4.78, 5) is 4.63. The van der Waals surface area contributed by atoms with Gasteiger partial charge in [0.2, 0.25) is 0 Å². The Bertz CT molecular complexity index is 482. The number of rotatable bonds is 1. The van der Waals surface area contributed by atoms with E-state index in [1.165, 1.54) is 12.8 Å². The van der Waals surface area contributed by atoms with E-state index < -0.39 is 0 Å². The second-order valence-corrected chi connectivity index (χ2v) is 4.68. The van der Waals surface area contributed by atoms with Crippen LogP contribution in [-0.4, -0.2) is 21.7 Å². The van der Waals surface area contributed by atoms with Crippen molar-refractivity contribution in [1.29, 1.82) is 0 Å². The largest absolute Gasteiger partial charge is 0.308 e. The molecule has 0 aromatic carbocycles. The maximum Gasteiger partial charge on any atom is 0.108 e. The summed E-state index contributed by atoms with van der Waals surface area (Å²) in [6, 6.07) is 4.56. The summed E-state index contributed by atoms with van der Waals surface area (Å²) in [5.74, 6) is 0.786. The normalized spacial score (nSPS) is 26.1. The van der Waals surface area contributed by atoms with E-state index >= 15 is 0 Å². The van der Waals surface area contributed by atoms with Gasteiger partial charge in [0.05, 0.1) is 17.4 Å². The highest BCUT2D eigenvalue weighted by atomic mass is 15.1. The lowest BCUT2D eigenvalue weighted by Gasteiger charge is -2.27. The summed E-state index contributed by atoms with van der Waals surface area (Å²) in [6.45, 7) is 3.38. The molecule has 2 aromatic rings. The van der Waals surface area contributed by atoms with Crippen molar-refractivity contribution in [2.45, 2.75) is 25.8 Å². The van der Waals surface area contributed by atoms with Crippen molar-refractivity contribution in [2.24, 2.45) is 5.92 Å². The van der Waals surface area contributed by atoms with Crippen molar-refractivity contribution in [3.63, 3.8) is 0 Å². The van der Waals surface area contributed by atoms with E-state index in [-0.39, 0.29) is 0 Å². The minimum atomic E-state index is 0.412. The van der Waals surface area contributed by atoms with Crippen LogP contribution in [0.5, 0.6) is 0 Å². The van der Waals surface area contributed by atoms with E-state index in [0.717, 1.165) is 29.2 Å². The van der Waals surface area contributed by atoms with Gasteiger partial charge in [-0.3, -0.25) is 5.10 Å². The molecule has 0 spiro atoms. The lowest BCUT2D eigenvalue weighted by Crippen LogP contribution is -2.32. The SMILES string of the molecule is CC1CCC(c2ccc3[nH]ncc3n2)NC1. The average molecular weight is 216 g/mol. The lowest BCUT2D eigenvalue weighted by molar-refractivity contribution is 0.329. The van der Waals surface area contributed by atoms with E-state index in [4.69, 9.17) is 0 Å². The summed E-state index contributed by atoms with van der Waals surface area (Å²) < 4.78 is 0. The molecule has 1 aliphatic heterocycles. The predicted octanol–water partition coefficient (Wildman–Crippen LogP) is 2.02. The van der Waals surface area contributed by atoms with Crippen molar-refractivity contribution >= 4 is 11.0 Å². The van der Waals surface area contributed by atoms with Crippen molar-refractivity contribution in [3.8, 4) is 0 Å². The molecule has 0 amide bonds. The maximum atomic E-state index is 4.63. The first-order chi connectivity index (χ1) is 7.83. The van der Waals surface area contributed by atoms with Crippen LogP contribution >= 0.6 is 0 Å². The molecule has 2 N–H and O–H groups in total. The first kappa shape index (κ1) is 9.78. The molecule has 1 fully saturated rings. The van der Waals surface area contributed by atoms with Gasteiger partial charge in [0.15, 0.2) is 0 Å². The van der Waals surface area contributed by atoms with Crippen LogP contribution in [0.15, 0.2) is 18.3 Å². The molecule has 2 atom stereocenters. The van der Waals surface area contributed by atoms with Gasteiger partial charge < -0.3 is 5.32 Å². The molecule has 16 heavy (non-hydrogen) atoms. The first-order valence-corrected chi connectivity index (χ1v) is 5.86. The number of fused-ring (bicyclic) bond motifs is 1. The molecule has 0 aliphatic carbocycles. The van der Waals surface area contributed by atoms with Crippen molar-refractivity contribution in [3.05, 3.63) is 24.0 Å². The summed E-state index contributed by atoms with van der Waals surface area (Å²) >= 11 is 0. The quantitative estimate of drug-likeness (QED) is 0.766. The predicted molar refractivity (Wildman–Crippen MR) is 63.0 cm³/mol. The monoisotopic (exact) mass is 216 g/mol. The fourth-order valence-corrected chi connectivity index (χ4v) is 2.29. The van der Waals surface area contributed by atoms with Crippen LogP contribution in [0.25, 0.3) is 11.0 Å². The molecule has 3 heterocycles. The number of hydrogen-bond donors (Lipinski definition) is 2. The summed E-state index contributed by atoms with van der Waals surface area (Å²) in [5.41, 5.74) is 3.10. The van der Waals surface area contributed by atoms with Crippen molar-refractivity contribution < 1.29 is 0 Å². The number of aromatic nitrogens is 3. The molecule has 0 radical (unpaired) electrons. The number of piperidine rings is 1. The molecule has 4 nitrogen and oxygen atoms in total. The van der Waals surface area contributed by atoms with Crippen LogP contribution < -0.4 is 5.32 Å². The molecule has 84 valence electrons. The summed E-state index contributed by atoms with van der Waals surface area (Å²) in [7, 11) is 0. The van der Waals surface area contributed by atoms with Gasteiger partial charge >= 0.3 is 0 Å². The zero-order valence-electron chi connectivity index (χ0n) is 9.40. The third-order valence-electron chi connectivity index (χ3n) is 3.34. The number of H-pyrrole nitrogens is 1. The summed E-state index contributed by atoms with van der Waals surface area (Å²) in [5, 5.41) is 10.5. The van der Waals surface area contributed by atoms with Gasteiger partial charge in [-0.15, -0.1) is 0 Å². The standard InChI is InChI=1S/C12H16N4/c1-8-2-3-9(13-6-8)10-4-5-11-12(15-10)7-14-16-11/h4-5,7-9,13H,2-3,6H2,1H3,(H,14,16). The smallest absolute Gasteiger partial charge is 0.108 e. The number of hydrogen-bond acceptors (Lipinski definition) is 3. The highest BCUT2D eigenvalue weighted by Crippen LogP contribution is 2.25. The Labute approximate surface area is 94.5 Å². The Kier molecular flexibility index (Phi) is 2.36. The van der Waals surface area contributed by atoms with Crippen LogP contribution in [0.2, 0.25) is 0 Å². The molecular weight excluding hydrogens is 200 g/mol. The molecule has 3 rings (SSSR count). The Morgan fingerprint density at radius 3 is 3.06 bits per heavy atom. The topological polar surface area (TPSA) is 53.6 Å². The Hall–Kier alpha value is -1.42. The van der Waals surface area contributed by atoms with Gasteiger partial charge in [-0.25, -0.2) is 4.98 Å².